The van der Waals surface area contributed by atoms with Gasteiger partial charge in [0.1, 0.15) is 12.4 Å². The highest BCUT2D eigenvalue weighted by molar-refractivity contribution is 5.85. The Morgan fingerprint density at radius 1 is 1.77 bits per heavy atom. The molecule has 1 aromatic rings. The molecular weight excluding hydrogens is 172 g/mol. The smallest absolute Gasteiger partial charge is 0.356 e. The van der Waals surface area contributed by atoms with Gasteiger partial charge in [-0.2, -0.15) is 0 Å². The Morgan fingerprint density at radius 3 is 2.92 bits per heavy atom. The van der Waals surface area contributed by atoms with Crippen molar-refractivity contribution >= 4 is 5.97 Å². The number of carbonyl (C=O) groups is 1. The van der Waals surface area contributed by atoms with Gasteiger partial charge >= 0.3 is 5.97 Å². The molecule has 0 amide bonds. The molecule has 0 saturated heterocycles. The highest BCUT2D eigenvalue weighted by Gasteiger charge is 2.10. The van der Waals surface area contributed by atoms with Gasteiger partial charge in [-0.3, -0.25) is 0 Å². The molecule has 1 heterocycles. The van der Waals surface area contributed by atoms with Gasteiger partial charge in [0, 0.05) is 19.9 Å². The van der Waals surface area contributed by atoms with Crippen molar-refractivity contribution in [2.45, 2.75) is 13.5 Å². The quantitative estimate of drug-likeness (QED) is 0.746. The molecule has 0 unspecified atom stereocenters. The number of carboxylic acids is 1. The predicted octanol–water partition coefficient (Wildman–Crippen LogP) is 0.655. The van der Waals surface area contributed by atoms with Gasteiger partial charge in [-0.1, -0.05) is 0 Å². The van der Waals surface area contributed by atoms with Gasteiger partial charge in [-0.25, -0.2) is 9.78 Å². The van der Waals surface area contributed by atoms with Crippen molar-refractivity contribution in [3.05, 3.63) is 17.7 Å². The zero-order chi connectivity index (χ0) is 9.84. The van der Waals surface area contributed by atoms with E-state index >= 15 is 0 Å². The van der Waals surface area contributed by atoms with Crippen molar-refractivity contribution in [2.75, 3.05) is 6.61 Å². The molecule has 0 aromatic carbocycles. The van der Waals surface area contributed by atoms with E-state index in [-0.39, 0.29) is 5.69 Å². The van der Waals surface area contributed by atoms with E-state index in [1.807, 2.05) is 6.92 Å². The summed E-state index contributed by atoms with van der Waals surface area (Å²) in [6, 6.07) is 0. The second-order valence-corrected chi connectivity index (χ2v) is 2.60. The highest BCUT2D eigenvalue weighted by atomic mass is 16.5. The molecule has 0 aliphatic rings. The first-order valence-corrected chi connectivity index (χ1v) is 3.98. The number of rotatable bonds is 4. The zero-order valence-electron chi connectivity index (χ0n) is 7.65. The van der Waals surface area contributed by atoms with E-state index in [4.69, 9.17) is 9.84 Å². The first-order valence-electron chi connectivity index (χ1n) is 3.98. The van der Waals surface area contributed by atoms with Gasteiger partial charge in [-0.05, 0) is 6.92 Å². The molecule has 0 spiro atoms. The van der Waals surface area contributed by atoms with Crippen LogP contribution in [0.3, 0.4) is 0 Å². The Labute approximate surface area is 76.0 Å². The second kappa shape index (κ2) is 4.04. The molecule has 0 saturated carbocycles. The minimum atomic E-state index is -1.02. The maximum atomic E-state index is 10.5. The van der Waals surface area contributed by atoms with Crippen LogP contribution < -0.4 is 0 Å². The van der Waals surface area contributed by atoms with Crippen molar-refractivity contribution in [1.82, 2.24) is 9.55 Å². The number of nitrogens with zero attached hydrogens (tertiary/aromatic N) is 2. The van der Waals surface area contributed by atoms with Crippen molar-refractivity contribution in [2.24, 2.45) is 7.05 Å². The summed E-state index contributed by atoms with van der Waals surface area (Å²) < 4.78 is 6.77. The van der Waals surface area contributed by atoms with Gasteiger partial charge in [0.15, 0.2) is 5.69 Å². The Bertz CT molecular complexity index is 306. The average molecular weight is 184 g/mol. The summed E-state index contributed by atoms with van der Waals surface area (Å²) in [6.07, 6.45) is 1.47. The summed E-state index contributed by atoms with van der Waals surface area (Å²) in [5, 5.41) is 8.63. The molecule has 1 rings (SSSR count). The normalized spacial score (nSPS) is 10.3. The number of hydrogen-bond donors (Lipinski definition) is 1. The number of carboxylic acid groups (broad SMARTS) is 1. The summed E-state index contributed by atoms with van der Waals surface area (Å²) in [4.78, 5) is 14.4. The monoisotopic (exact) mass is 184 g/mol. The third kappa shape index (κ3) is 2.29. The molecule has 0 atom stereocenters. The fourth-order valence-corrected chi connectivity index (χ4v) is 0.935. The lowest BCUT2D eigenvalue weighted by Crippen LogP contribution is -2.00. The molecular formula is C8H12N2O3. The van der Waals surface area contributed by atoms with Crippen LogP contribution in [0.5, 0.6) is 0 Å². The Hall–Kier alpha value is -1.36. The van der Waals surface area contributed by atoms with Gasteiger partial charge in [-0.15, -0.1) is 0 Å². The predicted molar refractivity (Wildman–Crippen MR) is 45.5 cm³/mol. The fraction of sp³-hybridized carbons (Fsp3) is 0.500. The van der Waals surface area contributed by atoms with E-state index in [9.17, 15) is 4.79 Å². The molecule has 1 aromatic heterocycles. The molecule has 0 aliphatic carbocycles. The molecule has 13 heavy (non-hydrogen) atoms. The van der Waals surface area contributed by atoms with Crippen LogP contribution in [0.4, 0.5) is 0 Å². The lowest BCUT2D eigenvalue weighted by atomic mass is 10.5. The highest BCUT2D eigenvalue weighted by Crippen LogP contribution is 2.02. The summed E-state index contributed by atoms with van der Waals surface area (Å²) in [5.41, 5.74) is 0.0530. The molecule has 5 nitrogen and oxygen atoms in total. The molecule has 0 fully saturated rings. The van der Waals surface area contributed by atoms with Crippen molar-refractivity contribution in [1.29, 1.82) is 0 Å². The van der Waals surface area contributed by atoms with Crippen LogP contribution in [-0.2, 0) is 18.4 Å². The minimum absolute atomic E-state index is 0.0530. The number of ether oxygens (including phenoxy) is 1. The molecule has 0 bridgehead atoms. The number of aryl methyl sites for hydroxylation is 1. The van der Waals surface area contributed by atoms with Gasteiger partial charge < -0.3 is 14.4 Å². The number of imidazole rings is 1. The van der Waals surface area contributed by atoms with E-state index in [1.165, 1.54) is 6.20 Å². The van der Waals surface area contributed by atoms with Crippen LogP contribution in [-0.4, -0.2) is 27.2 Å². The van der Waals surface area contributed by atoms with Crippen molar-refractivity contribution in [3.8, 4) is 0 Å². The Morgan fingerprint density at radius 2 is 2.46 bits per heavy atom. The van der Waals surface area contributed by atoms with E-state index in [1.54, 1.807) is 11.6 Å². The number of aromatic nitrogens is 2. The summed E-state index contributed by atoms with van der Waals surface area (Å²) >= 11 is 0. The number of hydrogen-bond acceptors (Lipinski definition) is 3. The number of aromatic carboxylic acids is 1. The van der Waals surface area contributed by atoms with E-state index in [2.05, 4.69) is 4.98 Å². The Balaban J connectivity index is 2.77. The van der Waals surface area contributed by atoms with Crippen LogP contribution in [0.1, 0.15) is 23.2 Å². The van der Waals surface area contributed by atoms with Gasteiger partial charge in [0.25, 0.3) is 0 Å². The summed E-state index contributed by atoms with van der Waals surface area (Å²) in [6.45, 7) is 2.82. The first kappa shape index (κ1) is 9.73. The Kier molecular flexibility index (Phi) is 3.02. The zero-order valence-corrected chi connectivity index (χ0v) is 7.65. The van der Waals surface area contributed by atoms with Crippen molar-refractivity contribution < 1.29 is 14.6 Å². The largest absolute Gasteiger partial charge is 0.476 e. The summed E-state index contributed by atoms with van der Waals surface area (Å²) in [5.74, 6) is -0.391. The van der Waals surface area contributed by atoms with Gasteiger partial charge in [0.05, 0.1) is 0 Å². The second-order valence-electron chi connectivity index (χ2n) is 2.60. The molecule has 0 radical (unpaired) electrons. The van der Waals surface area contributed by atoms with E-state index < -0.39 is 5.97 Å². The summed E-state index contributed by atoms with van der Waals surface area (Å²) in [7, 11) is 1.74. The molecule has 0 aliphatic heterocycles. The van der Waals surface area contributed by atoms with Crippen LogP contribution in [0.25, 0.3) is 0 Å². The fourth-order valence-electron chi connectivity index (χ4n) is 0.935. The third-order valence-corrected chi connectivity index (χ3v) is 1.63. The standard InChI is InChI=1S/C8H12N2O3/c1-3-13-5-7-9-6(8(11)12)4-10(7)2/h4H,3,5H2,1-2H3,(H,11,12). The van der Waals surface area contributed by atoms with Crippen LogP contribution in [0.15, 0.2) is 6.20 Å². The molecule has 72 valence electrons. The third-order valence-electron chi connectivity index (χ3n) is 1.63. The average Bonchev–Trinajstić information content (AvgIpc) is 2.44. The van der Waals surface area contributed by atoms with Crippen molar-refractivity contribution in [3.63, 3.8) is 0 Å². The SMILES string of the molecule is CCOCc1nc(C(=O)O)cn1C. The maximum Gasteiger partial charge on any atom is 0.356 e. The topological polar surface area (TPSA) is 64.3 Å². The van der Waals surface area contributed by atoms with Crippen LogP contribution in [0, 0.1) is 0 Å². The lowest BCUT2D eigenvalue weighted by molar-refractivity contribution is 0.0690. The van der Waals surface area contributed by atoms with Crippen LogP contribution in [0.2, 0.25) is 0 Å². The molecule has 1 N–H and O–H groups in total. The lowest BCUT2D eigenvalue weighted by Gasteiger charge is -1.99. The minimum Gasteiger partial charge on any atom is -0.476 e. The van der Waals surface area contributed by atoms with E-state index in [0.29, 0.717) is 19.0 Å². The van der Waals surface area contributed by atoms with Gasteiger partial charge in [0.2, 0.25) is 0 Å². The maximum absolute atomic E-state index is 10.5. The van der Waals surface area contributed by atoms with E-state index in [0.717, 1.165) is 0 Å². The van der Waals surface area contributed by atoms with Crippen LogP contribution >= 0.6 is 0 Å². The first-order chi connectivity index (χ1) is 6.15. The molecule has 5 heteroatoms.